The van der Waals surface area contributed by atoms with E-state index < -0.39 is 54.7 Å². The minimum Gasteiger partial charge on any atom is -0.507 e. The van der Waals surface area contributed by atoms with Gasteiger partial charge in [-0.1, -0.05) is 32.9 Å². The van der Waals surface area contributed by atoms with E-state index in [9.17, 15) is 29.7 Å². The van der Waals surface area contributed by atoms with Gasteiger partial charge in [-0.2, -0.15) is 0 Å². The Kier molecular flexibility index (Phi) is 11.7. The number of ether oxygens (including phenoxy) is 1. The molecule has 0 fully saturated rings. The number of aliphatic hydroxyl groups excluding tert-OH is 2. The van der Waals surface area contributed by atoms with Gasteiger partial charge in [-0.3, -0.25) is 9.59 Å². The topological polar surface area (TPSA) is 165 Å². The van der Waals surface area contributed by atoms with Gasteiger partial charge in [-0.15, -0.1) is 12.4 Å². The predicted octanol–water partition coefficient (Wildman–Crippen LogP) is 0.991. The first-order chi connectivity index (χ1) is 15.5. The van der Waals surface area contributed by atoms with E-state index in [-0.39, 0.29) is 36.1 Å². The fraction of sp³-hybridized carbons (Fsp3) is 0.609. The third kappa shape index (κ3) is 7.83. The van der Waals surface area contributed by atoms with E-state index in [4.69, 9.17) is 9.84 Å². The van der Waals surface area contributed by atoms with Crippen molar-refractivity contribution in [2.24, 2.45) is 5.92 Å². The first kappa shape index (κ1) is 29.6. The van der Waals surface area contributed by atoms with Gasteiger partial charge in [-0.25, -0.2) is 4.79 Å². The highest BCUT2D eigenvalue weighted by molar-refractivity contribution is 5.95. The summed E-state index contributed by atoms with van der Waals surface area (Å²) in [6, 6.07) is 3.03. The normalized spacial score (nSPS) is 18.6. The van der Waals surface area contributed by atoms with Crippen LogP contribution in [0.25, 0.3) is 0 Å². The Labute approximate surface area is 205 Å². The molecule has 0 radical (unpaired) electrons. The number of fused-ring (bicyclic) bond motifs is 1. The number of esters is 1. The van der Waals surface area contributed by atoms with Gasteiger partial charge in [0.15, 0.2) is 6.10 Å². The van der Waals surface area contributed by atoms with Gasteiger partial charge >= 0.3 is 11.9 Å². The van der Waals surface area contributed by atoms with E-state index in [1.807, 2.05) is 20.8 Å². The van der Waals surface area contributed by atoms with Crippen LogP contribution in [0.4, 0.5) is 0 Å². The molecular formula is C23H35ClN2O8. The van der Waals surface area contributed by atoms with E-state index in [1.54, 1.807) is 12.1 Å². The molecule has 0 spiro atoms. The van der Waals surface area contributed by atoms with E-state index in [1.165, 1.54) is 6.07 Å². The maximum atomic E-state index is 12.8. The Morgan fingerprint density at radius 3 is 2.50 bits per heavy atom. The number of phenols is 1. The Morgan fingerprint density at radius 2 is 1.91 bits per heavy atom. The highest BCUT2D eigenvalue weighted by atomic mass is 35.5. The number of carbonyl (C=O) groups is 3. The van der Waals surface area contributed by atoms with Crippen LogP contribution in [0.2, 0.25) is 0 Å². The summed E-state index contributed by atoms with van der Waals surface area (Å²) in [6.07, 6.45) is -3.40. The number of nitrogens with one attached hydrogen (secondary N) is 2. The van der Waals surface area contributed by atoms with Crippen LogP contribution in [0.3, 0.4) is 0 Å². The van der Waals surface area contributed by atoms with Crippen molar-refractivity contribution in [3.8, 4) is 5.75 Å². The highest BCUT2D eigenvalue weighted by Crippen LogP contribution is 2.30. The summed E-state index contributed by atoms with van der Waals surface area (Å²) in [4.78, 5) is 36.4. The van der Waals surface area contributed by atoms with Crippen molar-refractivity contribution >= 4 is 30.3 Å². The molecule has 34 heavy (non-hydrogen) atoms. The number of amides is 1. The first-order valence-electron chi connectivity index (χ1n) is 11.2. The summed E-state index contributed by atoms with van der Waals surface area (Å²) in [6.45, 7) is 6.11. The quantitative estimate of drug-likeness (QED) is 0.228. The molecule has 0 saturated heterocycles. The van der Waals surface area contributed by atoms with Crippen molar-refractivity contribution in [3.05, 3.63) is 29.3 Å². The lowest BCUT2D eigenvalue weighted by atomic mass is 9.90. The number of aromatic hydroxyl groups is 1. The van der Waals surface area contributed by atoms with Crippen LogP contribution in [-0.2, 0) is 20.7 Å². The predicted molar refractivity (Wildman–Crippen MR) is 126 cm³/mol. The van der Waals surface area contributed by atoms with Gasteiger partial charge in [-0.05, 0) is 36.9 Å². The minimum absolute atomic E-state index is 0. The number of carbonyl (C=O) groups excluding carboxylic acids is 2. The Hall–Kier alpha value is -2.40. The van der Waals surface area contributed by atoms with Crippen molar-refractivity contribution in [1.29, 1.82) is 0 Å². The van der Waals surface area contributed by atoms with Crippen LogP contribution in [0.15, 0.2) is 18.2 Å². The monoisotopic (exact) mass is 502 g/mol. The Balaban J connectivity index is 0.00000578. The lowest BCUT2D eigenvalue weighted by molar-refractivity contribution is -0.143. The molecule has 0 aromatic heterocycles. The SMILES string of the molecule is CCCN[C@@H](CC(=O)O)[C@H](O)[C@H](O)C(=O)N[C@@H](CC(C)C)[C@@H]1Cc2cccc(O)c2C(=O)O1.Cl. The molecule has 11 heteroatoms. The Morgan fingerprint density at radius 1 is 1.24 bits per heavy atom. The first-order valence-corrected chi connectivity index (χ1v) is 11.2. The number of hydrogen-bond acceptors (Lipinski definition) is 8. The zero-order chi connectivity index (χ0) is 24.7. The van der Waals surface area contributed by atoms with E-state index >= 15 is 0 Å². The van der Waals surface area contributed by atoms with Crippen LogP contribution >= 0.6 is 12.4 Å². The van der Waals surface area contributed by atoms with Gasteiger partial charge in [0.25, 0.3) is 5.91 Å². The number of aliphatic carboxylic acids is 1. The summed E-state index contributed by atoms with van der Waals surface area (Å²) in [5.74, 6) is -2.84. The largest absolute Gasteiger partial charge is 0.507 e. The fourth-order valence-electron chi connectivity index (χ4n) is 3.96. The second kappa shape index (κ2) is 13.5. The summed E-state index contributed by atoms with van der Waals surface area (Å²) >= 11 is 0. The van der Waals surface area contributed by atoms with Gasteiger partial charge in [0.05, 0.1) is 12.5 Å². The third-order valence-corrected chi connectivity index (χ3v) is 5.57. The van der Waals surface area contributed by atoms with Crippen molar-refractivity contribution in [2.45, 2.75) is 76.9 Å². The van der Waals surface area contributed by atoms with E-state index in [2.05, 4.69) is 10.6 Å². The molecule has 1 aliphatic heterocycles. The number of hydrogen-bond donors (Lipinski definition) is 6. The average molecular weight is 503 g/mol. The number of carboxylic acid groups (broad SMARTS) is 1. The number of aliphatic hydroxyl groups is 2. The van der Waals surface area contributed by atoms with Gasteiger partial charge < -0.3 is 35.8 Å². The zero-order valence-corrected chi connectivity index (χ0v) is 20.4. The summed E-state index contributed by atoms with van der Waals surface area (Å²) in [5, 5.41) is 45.5. The zero-order valence-electron chi connectivity index (χ0n) is 19.6. The molecule has 10 nitrogen and oxygen atoms in total. The lowest BCUT2D eigenvalue weighted by Gasteiger charge is -2.34. The van der Waals surface area contributed by atoms with Crippen molar-refractivity contribution in [1.82, 2.24) is 10.6 Å². The van der Waals surface area contributed by atoms with Crippen molar-refractivity contribution < 1.29 is 39.5 Å². The fourth-order valence-corrected chi connectivity index (χ4v) is 3.96. The number of benzene rings is 1. The number of phenolic OH excluding ortho intramolecular Hbond substituents is 1. The summed E-state index contributed by atoms with van der Waals surface area (Å²) in [5.41, 5.74) is 0.683. The smallest absolute Gasteiger partial charge is 0.342 e. The molecule has 1 aliphatic rings. The van der Waals surface area contributed by atoms with Crippen molar-refractivity contribution in [2.75, 3.05) is 6.54 Å². The van der Waals surface area contributed by atoms with Crippen LogP contribution in [0, 0.1) is 5.92 Å². The molecule has 1 aromatic carbocycles. The van der Waals surface area contributed by atoms with Gasteiger partial charge in [0.1, 0.15) is 23.5 Å². The van der Waals surface area contributed by atoms with Crippen LogP contribution in [0.5, 0.6) is 5.75 Å². The molecular weight excluding hydrogens is 468 g/mol. The number of halogens is 1. The number of rotatable bonds is 12. The van der Waals surface area contributed by atoms with E-state index in [0.29, 0.717) is 24.9 Å². The number of cyclic esters (lactones) is 1. The van der Waals surface area contributed by atoms with Crippen LogP contribution in [-0.4, -0.2) is 75.2 Å². The molecule has 0 aliphatic carbocycles. The van der Waals surface area contributed by atoms with Crippen LogP contribution < -0.4 is 10.6 Å². The lowest BCUT2D eigenvalue weighted by Crippen LogP contribution is -2.56. The molecule has 1 amide bonds. The maximum Gasteiger partial charge on any atom is 0.342 e. The second-order valence-corrected chi connectivity index (χ2v) is 8.80. The molecule has 2 rings (SSSR count). The molecule has 192 valence electrons. The molecule has 1 aromatic rings. The highest BCUT2D eigenvalue weighted by Gasteiger charge is 2.38. The molecule has 0 saturated carbocycles. The molecule has 1 heterocycles. The number of carboxylic acids is 1. The second-order valence-electron chi connectivity index (χ2n) is 8.80. The average Bonchev–Trinajstić information content (AvgIpc) is 2.74. The van der Waals surface area contributed by atoms with Gasteiger partial charge in [0.2, 0.25) is 0 Å². The minimum atomic E-state index is -1.89. The Bertz CT molecular complexity index is 850. The van der Waals surface area contributed by atoms with Crippen molar-refractivity contribution in [3.63, 3.8) is 0 Å². The third-order valence-electron chi connectivity index (χ3n) is 5.57. The summed E-state index contributed by atoms with van der Waals surface area (Å²) < 4.78 is 5.50. The van der Waals surface area contributed by atoms with E-state index in [0.717, 1.165) is 0 Å². The summed E-state index contributed by atoms with van der Waals surface area (Å²) in [7, 11) is 0. The molecule has 6 N–H and O–H groups in total. The molecule has 5 atom stereocenters. The standard InChI is InChI=1S/C23H34N2O8.ClH/c1-4-8-24-15(11-18(27)28)20(29)21(30)22(31)25-14(9-12(2)3)17-10-13-6-5-7-16(26)19(13)23(32)33-17;/h5-7,12,14-15,17,20-21,24,26,29-30H,4,8-11H2,1-3H3,(H,25,31)(H,27,28);1H/t14-,15-,17-,20-,21-;/m0./s1. The molecule has 0 bridgehead atoms. The van der Waals surface area contributed by atoms with Gasteiger partial charge in [0, 0.05) is 12.5 Å². The maximum absolute atomic E-state index is 12.8. The molecule has 0 unspecified atom stereocenters. The van der Waals surface area contributed by atoms with Crippen LogP contribution in [0.1, 0.15) is 56.0 Å².